The quantitative estimate of drug-likeness (QED) is 0.371. The Morgan fingerprint density at radius 2 is 1.88 bits per heavy atom. The average molecular weight is 482 g/mol. The molecule has 0 aliphatic carbocycles. The number of hydrogen-bond donors (Lipinski definition) is 2. The van der Waals surface area contributed by atoms with Gasteiger partial charge in [0.15, 0.2) is 5.69 Å². The number of aromatic hydroxyl groups is 1. The monoisotopic (exact) mass is 481 g/mol. The molecule has 0 atom stereocenters. The summed E-state index contributed by atoms with van der Waals surface area (Å²) in [5.41, 5.74) is 1.99. The third kappa shape index (κ3) is 5.02. The van der Waals surface area contributed by atoms with Crippen LogP contribution in [-0.2, 0) is 11.3 Å². The Labute approximate surface area is 198 Å². The van der Waals surface area contributed by atoms with Crippen molar-refractivity contribution in [1.82, 2.24) is 14.9 Å². The van der Waals surface area contributed by atoms with Crippen molar-refractivity contribution in [3.05, 3.63) is 88.2 Å². The van der Waals surface area contributed by atoms with Crippen LogP contribution in [0.2, 0.25) is 10.0 Å². The van der Waals surface area contributed by atoms with Gasteiger partial charge in [-0.05, 0) is 35.9 Å². The van der Waals surface area contributed by atoms with Gasteiger partial charge in [-0.3, -0.25) is 14.6 Å². The first kappa shape index (κ1) is 22.4. The predicted octanol–water partition coefficient (Wildman–Crippen LogP) is 5.14. The zero-order valence-electron chi connectivity index (χ0n) is 17.1. The molecule has 0 fully saturated rings. The van der Waals surface area contributed by atoms with E-state index in [9.17, 15) is 14.7 Å². The minimum Gasteiger partial charge on any atom is -0.493 e. The maximum atomic E-state index is 12.2. The molecular weight excluding hydrogens is 465 g/mol. The van der Waals surface area contributed by atoms with Crippen LogP contribution in [0.4, 0.5) is 5.69 Å². The second kappa shape index (κ2) is 9.81. The number of carbonyl (C=O) groups excluding carboxylic acids is 2. The van der Waals surface area contributed by atoms with E-state index in [4.69, 9.17) is 23.2 Å². The number of fused-ring (bicyclic) bond motifs is 1. The molecule has 0 bridgehead atoms. The summed E-state index contributed by atoms with van der Waals surface area (Å²) in [5, 5.41) is 22.4. The molecule has 166 valence electrons. The number of azo groups is 1. The molecule has 2 aromatic heterocycles. The number of nitrogens with zero attached hydrogens (tertiary/aromatic N) is 4. The number of aromatic nitrogens is 2. The first-order valence-electron chi connectivity index (χ1n) is 9.81. The van der Waals surface area contributed by atoms with Gasteiger partial charge in [-0.25, -0.2) is 0 Å². The van der Waals surface area contributed by atoms with E-state index in [-0.39, 0.29) is 18.1 Å². The number of pyridine rings is 1. The lowest BCUT2D eigenvalue weighted by molar-refractivity contribution is -0.117. The van der Waals surface area contributed by atoms with Crippen molar-refractivity contribution in [2.24, 2.45) is 10.2 Å². The Kier molecular flexibility index (Phi) is 6.67. The highest BCUT2D eigenvalue weighted by molar-refractivity contribution is 6.42. The highest BCUT2D eigenvalue weighted by Gasteiger charge is 2.17. The molecule has 0 spiro atoms. The molecule has 10 heteroatoms. The molecule has 0 saturated heterocycles. The van der Waals surface area contributed by atoms with E-state index in [1.165, 1.54) is 6.20 Å². The van der Waals surface area contributed by atoms with Crippen molar-refractivity contribution in [2.75, 3.05) is 6.54 Å². The molecule has 0 aliphatic rings. The lowest BCUT2D eigenvalue weighted by atomic mass is 10.2. The zero-order valence-corrected chi connectivity index (χ0v) is 18.6. The summed E-state index contributed by atoms with van der Waals surface area (Å²) in [6, 6.07) is 15.6. The summed E-state index contributed by atoms with van der Waals surface area (Å²) in [5.74, 6) is -1.28. The lowest BCUT2D eigenvalue weighted by Crippen LogP contribution is -2.28. The van der Waals surface area contributed by atoms with Crippen LogP contribution < -0.4 is 5.32 Å². The van der Waals surface area contributed by atoms with E-state index in [1.807, 2.05) is 12.1 Å². The van der Waals surface area contributed by atoms with Crippen LogP contribution in [0.3, 0.4) is 0 Å². The van der Waals surface area contributed by atoms with Crippen LogP contribution in [-0.4, -0.2) is 33.0 Å². The summed E-state index contributed by atoms with van der Waals surface area (Å²) < 4.78 is 1.64. The second-order valence-electron chi connectivity index (χ2n) is 7.04. The fourth-order valence-corrected chi connectivity index (χ4v) is 3.57. The van der Waals surface area contributed by atoms with Gasteiger partial charge < -0.3 is 15.0 Å². The summed E-state index contributed by atoms with van der Waals surface area (Å²) in [6.45, 7) is -0.0478. The predicted molar refractivity (Wildman–Crippen MR) is 125 cm³/mol. The van der Waals surface area contributed by atoms with Gasteiger partial charge in [0.05, 0.1) is 27.7 Å². The molecular formula is C23H17Cl2N5O3. The minimum absolute atomic E-state index is 0.151. The molecule has 4 rings (SSSR count). The van der Waals surface area contributed by atoms with Crippen LogP contribution in [0.5, 0.6) is 5.88 Å². The first-order chi connectivity index (χ1) is 15.9. The fraction of sp³-hybridized carbons (Fsp3) is 0.0870. The molecule has 33 heavy (non-hydrogen) atoms. The van der Waals surface area contributed by atoms with Crippen molar-refractivity contribution in [2.45, 2.75) is 6.54 Å². The van der Waals surface area contributed by atoms with E-state index >= 15 is 0 Å². The lowest BCUT2D eigenvalue weighted by Gasteiger charge is -2.08. The maximum absolute atomic E-state index is 12.2. The van der Waals surface area contributed by atoms with Crippen molar-refractivity contribution >= 4 is 51.6 Å². The molecule has 2 heterocycles. The van der Waals surface area contributed by atoms with Gasteiger partial charge in [-0.15, -0.1) is 10.2 Å². The van der Waals surface area contributed by atoms with E-state index < -0.39 is 11.8 Å². The second-order valence-corrected chi connectivity index (χ2v) is 7.86. The van der Waals surface area contributed by atoms with Crippen molar-refractivity contribution in [1.29, 1.82) is 0 Å². The van der Waals surface area contributed by atoms with Gasteiger partial charge in [0, 0.05) is 17.8 Å². The standard InChI is InChI=1S/C23H17Cl2N5O3/c24-17-8-7-14(10-18(17)25)13-30-19-6-2-1-5-16(19)21(23(30)33)29-28-20(31)12-27-22(32)15-4-3-9-26-11-15/h1-11,33H,12-13H2,(H,27,32). The number of carbonyl (C=O) groups is 2. The van der Waals surface area contributed by atoms with Crippen molar-refractivity contribution in [3.8, 4) is 5.88 Å². The molecule has 0 saturated carbocycles. The number of amides is 2. The third-order valence-electron chi connectivity index (χ3n) is 4.83. The maximum Gasteiger partial charge on any atom is 0.283 e. The Hall–Kier alpha value is -3.75. The highest BCUT2D eigenvalue weighted by Crippen LogP contribution is 2.39. The zero-order chi connectivity index (χ0) is 23.4. The molecule has 2 amide bonds. The number of benzene rings is 2. The van der Waals surface area contributed by atoms with E-state index in [0.717, 1.165) is 5.56 Å². The number of hydrogen-bond acceptors (Lipinski definition) is 5. The van der Waals surface area contributed by atoms with E-state index in [2.05, 4.69) is 20.5 Å². The third-order valence-corrected chi connectivity index (χ3v) is 5.57. The number of rotatable bonds is 6. The van der Waals surface area contributed by atoms with Gasteiger partial charge in [-0.1, -0.05) is 47.5 Å². The van der Waals surface area contributed by atoms with Crippen LogP contribution >= 0.6 is 23.2 Å². The molecule has 0 radical (unpaired) electrons. The fourth-order valence-electron chi connectivity index (χ4n) is 3.25. The Bertz CT molecular complexity index is 1370. The van der Waals surface area contributed by atoms with Crippen LogP contribution in [0.15, 0.2) is 77.2 Å². The largest absolute Gasteiger partial charge is 0.493 e. The molecule has 0 unspecified atom stereocenters. The van der Waals surface area contributed by atoms with Gasteiger partial charge >= 0.3 is 0 Å². The minimum atomic E-state index is -0.673. The smallest absolute Gasteiger partial charge is 0.283 e. The summed E-state index contributed by atoms with van der Waals surface area (Å²) >= 11 is 12.1. The molecule has 0 aliphatic heterocycles. The van der Waals surface area contributed by atoms with E-state index in [0.29, 0.717) is 33.1 Å². The number of nitrogens with one attached hydrogen (secondary N) is 1. The molecule has 4 aromatic rings. The summed E-state index contributed by atoms with van der Waals surface area (Å²) in [7, 11) is 0. The Morgan fingerprint density at radius 3 is 2.64 bits per heavy atom. The Balaban J connectivity index is 1.54. The van der Waals surface area contributed by atoms with Gasteiger partial charge in [0.1, 0.15) is 6.54 Å². The molecule has 2 aromatic carbocycles. The van der Waals surface area contributed by atoms with Crippen LogP contribution in [0.25, 0.3) is 10.9 Å². The molecule has 8 nitrogen and oxygen atoms in total. The topological polar surface area (TPSA) is 109 Å². The van der Waals surface area contributed by atoms with Crippen LogP contribution in [0.1, 0.15) is 15.9 Å². The van der Waals surface area contributed by atoms with Crippen molar-refractivity contribution < 1.29 is 14.7 Å². The average Bonchev–Trinajstić information content (AvgIpc) is 3.09. The first-order valence-corrected chi connectivity index (χ1v) is 10.6. The molecule has 2 N–H and O–H groups in total. The SMILES string of the molecule is O=C(CNC(=O)c1cccnc1)N=Nc1c(O)n(Cc2ccc(Cl)c(Cl)c2)c2ccccc12. The normalized spacial score (nSPS) is 11.2. The van der Waals surface area contributed by atoms with Crippen LogP contribution in [0, 0.1) is 0 Å². The van der Waals surface area contributed by atoms with Crippen molar-refractivity contribution in [3.63, 3.8) is 0 Å². The van der Waals surface area contributed by atoms with Gasteiger partial charge in [0.25, 0.3) is 11.8 Å². The Morgan fingerprint density at radius 1 is 1.06 bits per heavy atom. The van der Waals surface area contributed by atoms with Gasteiger partial charge in [-0.2, -0.15) is 0 Å². The van der Waals surface area contributed by atoms with E-state index in [1.54, 1.807) is 53.2 Å². The number of para-hydroxylation sites is 1. The number of halogens is 2. The van der Waals surface area contributed by atoms with Gasteiger partial charge in [0.2, 0.25) is 5.88 Å². The summed E-state index contributed by atoms with van der Waals surface area (Å²) in [4.78, 5) is 28.1. The summed E-state index contributed by atoms with van der Waals surface area (Å²) in [6.07, 6.45) is 2.93. The highest BCUT2D eigenvalue weighted by atomic mass is 35.5.